The van der Waals surface area contributed by atoms with Gasteiger partial charge in [0, 0.05) is 17.0 Å². The van der Waals surface area contributed by atoms with Crippen LogP contribution in [0.5, 0.6) is 5.75 Å². The third-order valence-electron chi connectivity index (χ3n) is 5.01. The van der Waals surface area contributed by atoms with Crippen molar-refractivity contribution in [3.05, 3.63) is 52.2 Å². The molecule has 0 radical (unpaired) electrons. The van der Waals surface area contributed by atoms with Crippen LogP contribution < -0.4 is 10.1 Å². The lowest BCUT2D eigenvalue weighted by atomic mass is 9.97. The number of thiophene rings is 1. The van der Waals surface area contributed by atoms with Gasteiger partial charge in [0.05, 0.1) is 6.04 Å². The molecule has 1 N–H and O–H groups in total. The summed E-state index contributed by atoms with van der Waals surface area (Å²) in [6.45, 7) is 4.99. The van der Waals surface area contributed by atoms with Crippen molar-refractivity contribution in [2.24, 2.45) is 5.92 Å². The molecule has 2 heterocycles. The second-order valence-corrected chi connectivity index (χ2v) is 8.01. The van der Waals surface area contributed by atoms with Crippen LogP contribution in [0, 0.1) is 5.92 Å². The van der Waals surface area contributed by atoms with Crippen molar-refractivity contribution in [3.8, 4) is 5.75 Å². The van der Waals surface area contributed by atoms with E-state index in [0.29, 0.717) is 17.9 Å². The Balaban J connectivity index is 1.51. The summed E-state index contributed by atoms with van der Waals surface area (Å²) in [5.41, 5.74) is 0.585. The second-order valence-electron chi connectivity index (χ2n) is 7.03. The molecule has 5 nitrogen and oxygen atoms in total. The van der Waals surface area contributed by atoms with E-state index in [4.69, 9.17) is 4.74 Å². The van der Waals surface area contributed by atoms with Gasteiger partial charge in [-0.15, -0.1) is 11.3 Å². The number of nitrogens with one attached hydrogen (secondary N) is 1. The van der Waals surface area contributed by atoms with Gasteiger partial charge in [-0.1, -0.05) is 13.0 Å². The summed E-state index contributed by atoms with van der Waals surface area (Å²) in [4.78, 5) is 26.7. The number of hydrogen-bond acceptors (Lipinski definition) is 5. The maximum Gasteiger partial charge on any atom is 0.258 e. The molecule has 0 bridgehead atoms. The number of ether oxygens (including phenoxy) is 1. The van der Waals surface area contributed by atoms with Crippen LogP contribution in [-0.2, 0) is 4.79 Å². The van der Waals surface area contributed by atoms with Crippen molar-refractivity contribution in [1.29, 1.82) is 0 Å². The summed E-state index contributed by atoms with van der Waals surface area (Å²) < 4.78 is 5.51. The molecule has 1 unspecified atom stereocenters. The molecule has 3 rings (SSSR count). The third-order valence-corrected chi connectivity index (χ3v) is 5.98. The van der Waals surface area contributed by atoms with E-state index in [1.165, 1.54) is 17.7 Å². The maximum atomic E-state index is 12.2. The monoisotopic (exact) mass is 386 g/mol. The van der Waals surface area contributed by atoms with Gasteiger partial charge in [-0.25, -0.2) is 0 Å². The van der Waals surface area contributed by atoms with Gasteiger partial charge in [0.25, 0.3) is 5.91 Å². The average molecular weight is 387 g/mol. The van der Waals surface area contributed by atoms with Gasteiger partial charge in [0.2, 0.25) is 0 Å². The molecular formula is C21H26N2O3S. The summed E-state index contributed by atoms with van der Waals surface area (Å²) in [7, 11) is 0. The molecule has 1 aromatic heterocycles. The van der Waals surface area contributed by atoms with Gasteiger partial charge < -0.3 is 10.1 Å². The van der Waals surface area contributed by atoms with Gasteiger partial charge in [-0.2, -0.15) is 0 Å². The highest BCUT2D eigenvalue weighted by atomic mass is 32.1. The predicted molar refractivity (Wildman–Crippen MR) is 107 cm³/mol. The topological polar surface area (TPSA) is 58.6 Å². The molecule has 1 aromatic carbocycles. The van der Waals surface area contributed by atoms with Crippen molar-refractivity contribution >= 4 is 23.5 Å². The van der Waals surface area contributed by atoms with E-state index < -0.39 is 0 Å². The SMILES string of the molecule is CC1CCN(C(CNC(=O)COc2ccc(C=O)cc2)c2cccs2)CC1. The summed E-state index contributed by atoms with van der Waals surface area (Å²) in [5.74, 6) is 1.22. The molecule has 2 aromatic rings. The normalized spacial score (nSPS) is 16.6. The summed E-state index contributed by atoms with van der Waals surface area (Å²) >= 11 is 1.74. The molecule has 1 fully saturated rings. The Bertz CT molecular complexity index is 722. The highest BCUT2D eigenvalue weighted by molar-refractivity contribution is 7.10. The molecule has 144 valence electrons. The fourth-order valence-electron chi connectivity index (χ4n) is 3.28. The van der Waals surface area contributed by atoms with E-state index in [1.54, 1.807) is 35.6 Å². The summed E-state index contributed by atoms with van der Waals surface area (Å²) in [5, 5.41) is 5.10. The zero-order valence-electron chi connectivity index (χ0n) is 15.6. The number of aldehydes is 1. The van der Waals surface area contributed by atoms with Crippen LogP contribution in [-0.4, -0.2) is 43.3 Å². The molecule has 1 saturated heterocycles. The Morgan fingerprint density at radius 1 is 1.30 bits per heavy atom. The first kappa shape index (κ1) is 19.6. The van der Waals surface area contributed by atoms with E-state index in [9.17, 15) is 9.59 Å². The molecule has 0 spiro atoms. The molecule has 1 atom stereocenters. The van der Waals surface area contributed by atoms with Crippen molar-refractivity contribution in [3.63, 3.8) is 0 Å². The standard InChI is InChI=1S/C21H26N2O3S/c1-16-8-10-23(11-9-16)19(20-3-2-12-27-20)13-22-21(25)15-26-18-6-4-17(14-24)5-7-18/h2-7,12,14,16,19H,8-11,13,15H2,1H3,(H,22,25). The van der Waals surface area contributed by atoms with Crippen molar-refractivity contribution in [2.75, 3.05) is 26.2 Å². The molecule has 1 amide bonds. The summed E-state index contributed by atoms with van der Waals surface area (Å²) in [6.07, 6.45) is 3.19. The number of hydrogen-bond donors (Lipinski definition) is 1. The predicted octanol–water partition coefficient (Wildman–Crippen LogP) is 3.53. The van der Waals surface area contributed by atoms with Crippen LogP contribution in [0.4, 0.5) is 0 Å². The van der Waals surface area contributed by atoms with Gasteiger partial charge in [-0.05, 0) is 67.6 Å². The number of benzene rings is 1. The minimum Gasteiger partial charge on any atom is -0.484 e. The minimum absolute atomic E-state index is 0.0331. The summed E-state index contributed by atoms with van der Waals surface area (Å²) in [6, 6.07) is 11.2. The first-order valence-corrected chi connectivity index (χ1v) is 10.3. The number of carbonyl (C=O) groups is 2. The van der Waals surface area contributed by atoms with Gasteiger partial charge in [-0.3, -0.25) is 14.5 Å². The lowest BCUT2D eigenvalue weighted by Crippen LogP contribution is -2.42. The third kappa shape index (κ3) is 5.65. The first-order chi connectivity index (χ1) is 13.2. The fraction of sp³-hybridized carbons (Fsp3) is 0.429. The molecule has 1 aliphatic heterocycles. The highest BCUT2D eigenvalue weighted by Gasteiger charge is 2.25. The molecule has 1 aliphatic rings. The Morgan fingerprint density at radius 3 is 2.67 bits per heavy atom. The minimum atomic E-state index is -0.138. The number of nitrogens with zero attached hydrogens (tertiary/aromatic N) is 1. The highest BCUT2D eigenvalue weighted by Crippen LogP contribution is 2.29. The van der Waals surface area contributed by atoms with E-state index >= 15 is 0 Å². The van der Waals surface area contributed by atoms with E-state index in [0.717, 1.165) is 25.3 Å². The Kier molecular flexibility index (Phi) is 7.01. The Labute approximate surface area is 164 Å². The molecule has 0 aliphatic carbocycles. The number of amides is 1. The van der Waals surface area contributed by atoms with Crippen LogP contribution in [0.15, 0.2) is 41.8 Å². The Hall–Kier alpha value is -2.18. The van der Waals surface area contributed by atoms with E-state index in [2.05, 4.69) is 34.7 Å². The lowest BCUT2D eigenvalue weighted by Gasteiger charge is -2.36. The number of piperidine rings is 1. The number of carbonyl (C=O) groups excluding carboxylic acids is 2. The van der Waals surface area contributed by atoms with E-state index in [1.807, 2.05) is 0 Å². The quantitative estimate of drug-likeness (QED) is 0.705. The number of likely N-dealkylation sites (tertiary alicyclic amines) is 1. The van der Waals surface area contributed by atoms with Crippen LogP contribution in [0.3, 0.4) is 0 Å². The van der Waals surface area contributed by atoms with Crippen LogP contribution in [0.2, 0.25) is 0 Å². The molecule has 0 saturated carbocycles. The zero-order valence-corrected chi connectivity index (χ0v) is 16.4. The van der Waals surface area contributed by atoms with Crippen molar-refractivity contribution in [2.45, 2.75) is 25.8 Å². The van der Waals surface area contributed by atoms with Crippen LogP contribution in [0.1, 0.15) is 41.0 Å². The van der Waals surface area contributed by atoms with Gasteiger partial charge >= 0.3 is 0 Å². The Morgan fingerprint density at radius 2 is 2.04 bits per heavy atom. The van der Waals surface area contributed by atoms with Gasteiger partial charge in [0.15, 0.2) is 6.61 Å². The largest absolute Gasteiger partial charge is 0.484 e. The van der Waals surface area contributed by atoms with Crippen LogP contribution >= 0.6 is 11.3 Å². The molecular weight excluding hydrogens is 360 g/mol. The average Bonchev–Trinajstić information content (AvgIpc) is 3.23. The first-order valence-electron chi connectivity index (χ1n) is 9.38. The zero-order chi connectivity index (χ0) is 19.1. The van der Waals surface area contributed by atoms with Crippen molar-refractivity contribution < 1.29 is 14.3 Å². The fourth-order valence-corrected chi connectivity index (χ4v) is 4.14. The lowest BCUT2D eigenvalue weighted by molar-refractivity contribution is -0.123. The molecule has 27 heavy (non-hydrogen) atoms. The number of rotatable bonds is 8. The van der Waals surface area contributed by atoms with E-state index in [-0.39, 0.29) is 18.6 Å². The van der Waals surface area contributed by atoms with Crippen molar-refractivity contribution in [1.82, 2.24) is 10.2 Å². The van der Waals surface area contributed by atoms with Crippen LogP contribution in [0.25, 0.3) is 0 Å². The second kappa shape index (κ2) is 9.67. The van der Waals surface area contributed by atoms with Gasteiger partial charge in [0.1, 0.15) is 12.0 Å². The maximum absolute atomic E-state index is 12.2. The smallest absolute Gasteiger partial charge is 0.258 e. The molecule has 6 heteroatoms.